The molecule has 6 nitrogen and oxygen atoms in total. The number of carbonyl (C=O) groups is 1. The fourth-order valence-electron chi connectivity index (χ4n) is 1.32. The molecular weight excluding hydrogens is 224 g/mol. The lowest BCUT2D eigenvalue weighted by molar-refractivity contribution is -0.144. The van der Waals surface area contributed by atoms with Gasteiger partial charge in [0.25, 0.3) is 0 Å². The van der Waals surface area contributed by atoms with Crippen LogP contribution in [0.3, 0.4) is 0 Å². The highest BCUT2D eigenvalue weighted by Gasteiger charge is 2.22. The number of pyridine rings is 1. The van der Waals surface area contributed by atoms with Crippen molar-refractivity contribution in [2.45, 2.75) is 25.6 Å². The number of esters is 1. The summed E-state index contributed by atoms with van der Waals surface area (Å²) in [5.41, 5.74) is 7.07. The summed E-state index contributed by atoms with van der Waals surface area (Å²) < 4.78 is 4.40. The Kier molecular flexibility index (Phi) is 4.42. The number of aliphatic hydroxyl groups excluding tert-OH is 2. The van der Waals surface area contributed by atoms with Crippen molar-refractivity contribution >= 4 is 11.7 Å². The predicted molar refractivity (Wildman–Crippen MR) is 61.0 cm³/mol. The maximum atomic E-state index is 10.9. The van der Waals surface area contributed by atoms with Crippen LogP contribution in [0.4, 0.5) is 5.69 Å². The van der Waals surface area contributed by atoms with Gasteiger partial charge in [0, 0.05) is 11.8 Å². The van der Waals surface area contributed by atoms with Gasteiger partial charge in [0.2, 0.25) is 0 Å². The van der Waals surface area contributed by atoms with E-state index in [2.05, 4.69) is 9.72 Å². The third kappa shape index (κ3) is 3.40. The Morgan fingerprint density at radius 1 is 1.59 bits per heavy atom. The molecule has 0 saturated heterocycles. The molecule has 0 aliphatic heterocycles. The van der Waals surface area contributed by atoms with Gasteiger partial charge in [-0.25, -0.2) is 0 Å². The zero-order valence-electron chi connectivity index (χ0n) is 9.75. The summed E-state index contributed by atoms with van der Waals surface area (Å²) in [6, 6.07) is 1.52. The molecule has 0 amide bonds. The normalized spacial score (nSPS) is 14.1. The van der Waals surface area contributed by atoms with Crippen LogP contribution in [0.1, 0.15) is 23.8 Å². The molecule has 1 aromatic rings. The van der Waals surface area contributed by atoms with E-state index in [1.165, 1.54) is 19.4 Å². The highest BCUT2D eigenvalue weighted by Crippen LogP contribution is 2.21. The van der Waals surface area contributed by atoms with E-state index in [1.807, 2.05) is 0 Å². The van der Waals surface area contributed by atoms with Gasteiger partial charge in [-0.2, -0.15) is 0 Å². The second-order valence-corrected chi connectivity index (χ2v) is 3.74. The first-order chi connectivity index (χ1) is 7.95. The molecule has 0 fully saturated rings. The fraction of sp³-hybridized carbons (Fsp3) is 0.455. The number of hydrogen-bond donors (Lipinski definition) is 3. The van der Waals surface area contributed by atoms with Crippen molar-refractivity contribution in [2.24, 2.45) is 0 Å². The van der Waals surface area contributed by atoms with Crippen molar-refractivity contribution in [3.63, 3.8) is 0 Å². The average molecular weight is 240 g/mol. The maximum Gasteiger partial charge on any atom is 0.308 e. The van der Waals surface area contributed by atoms with Crippen molar-refractivity contribution in [3.8, 4) is 0 Å². The summed E-state index contributed by atoms with van der Waals surface area (Å²) in [6.45, 7) is 1.73. The van der Waals surface area contributed by atoms with Crippen molar-refractivity contribution in [2.75, 3.05) is 12.8 Å². The van der Waals surface area contributed by atoms with E-state index in [4.69, 9.17) is 5.73 Å². The van der Waals surface area contributed by atoms with Gasteiger partial charge >= 0.3 is 5.97 Å². The number of rotatable bonds is 4. The van der Waals surface area contributed by atoms with Crippen LogP contribution in [0.5, 0.6) is 0 Å². The summed E-state index contributed by atoms with van der Waals surface area (Å²) in [5, 5.41) is 19.4. The summed E-state index contributed by atoms with van der Waals surface area (Å²) in [7, 11) is 1.22. The molecular formula is C11H16N2O4. The first-order valence-electron chi connectivity index (χ1n) is 5.10. The molecule has 94 valence electrons. The Hall–Kier alpha value is -1.66. The molecule has 1 aromatic heterocycles. The number of nitrogens with zero attached hydrogens (tertiary/aromatic N) is 1. The van der Waals surface area contributed by atoms with Gasteiger partial charge < -0.3 is 20.7 Å². The number of nitrogens with two attached hydrogens (primary N) is 1. The molecule has 1 rings (SSSR count). The van der Waals surface area contributed by atoms with Crippen LogP contribution in [-0.4, -0.2) is 34.4 Å². The van der Waals surface area contributed by atoms with Gasteiger partial charge in [-0.05, 0) is 13.0 Å². The summed E-state index contributed by atoms with van der Waals surface area (Å²) in [6.07, 6.45) is -1.33. The van der Waals surface area contributed by atoms with E-state index in [-0.39, 0.29) is 6.42 Å². The minimum Gasteiger partial charge on any atom is -0.469 e. The number of aromatic nitrogens is 1. The van der Waals surface area contributed by atoms with Crippen LogP contribution in [0.25, 0.3) is 0 Å². The van der Waals surface area contributed by atoms with Gasteiger partial charge in [0.05, 0.1) is 31.0 Å². The minimum absolute atomic E-state index is 0.286. The SMILES string of the molecule is COC(=O)CC(O)C(O)c1cnc(C)c(N)c1. The van der Waals surface area contributed by atoms with E-state index < -0.39 is 18.2 Å². The smallest absolute Gasteiger partial charge is 0.308 e. The molecule has 0 aliphatic rings. The monoisotopic (exact) mass is 240 g/mol. The van der Waals surface area contributed by atoms with Crippen LogP contribution in [0.15, 0.2) is 12.3 Å². The highest BCUT2D eigenvalue weighted by molar-refractivity contribution is 5.69. The number of nitrogen functional groups attached to an aromatic ring is 1. The van der Waals surface area contributed by atoms with Gasteiger partial charge in [-0.15, -0.1) is 0 Å². The van der Waals surface area contributed by atoms with Gasteiger partial charge in [0.1, 0.15) is 6.10 Å². The molecule has 17 heavy (non-hydrogen) atoms. The van der Waals surface area contributed by atoms with Crippen molar-refractivity contribution < 1.29 is 19.7 Å². The van der Waals surface area contributed by atoms with Crippen LogP contribution < -0.4 is 5.73 Å². The number of carbonyl (C=O) groups excluding carboxylic acids is 1. The number of aryl methyl sites for hydroxylation is 1. The predicted octanol–water partition coefficient (Wildman–Crippen LogP) is -0.0704. The topological polar surface area (TPSA) is 106 Å². The van der Waals surface area contributed by atoms with Crippen molar-refractivity contribution in [1.82, 2.24) is 4.98 Å². The highest BCUT2D eigenvalue weighted by atomic mass is 16.5. The van der Waals surface area contributed by atoms with E-state index in [0.29, 0.717) is 16.9 Å². The first kappa shape index (κ1) is 13.4. The van der Waals surface area contributed by atoms with E-state index in [9.17, 15) is 15.0 Å². The molecule has 0 radical (unpaired) electrons. The Morgan fingerprint density at radius 2 is 2.24 bits per heavy atom. The van der Waals surface area contributed by atoms with Crippen LogP contribution >= 0.6 is 0 Å². The van der Waals surface area contributed by atoms with Crippen molar-refractivity contribution in [1.29, 1.82) is 0 Å². The summed E-state index contributed by atoms with van der Waals surface area (Å²) >= 11 is 0. The fourth-order valence-corrected chi connectivity index (χ4v) is 1.32. The van der Waals surface area contributed by atoms with Gasteiger partial charge in [0.15, 0.2) is 0 Å². The number of aliphatic hydroxyl groups is 2. The van der Waals surface area contributed by atoms with Gasteiger partial charge in [-0.1, -0.05) is 0 Å². The molecule has 0 aromatic carbocycles. The quantitative estimate of drug-likeness (QED) is 0.636. The van der Waals surface area contributed by atoms with Crippen LogP contribution in [0.2, 0.25) is 0 Å². The van der Waals surface area contributed by atoms with E-state index >= 15 is 0 Å². The largest absolute Gasteiger partial charge is 0.469 e. The van der Waals surface area contributed by atoms with Gasteiger partial charge in [-0.3, -0.25) is 9.78 Å². The molecule has 2 unspecified atom stereocenters. The second kappa shape index (κ2) is 5.60. The standard InChI is InChI=1S/C11H16N2O4/c1-6-8(12)3-7(5-13-6)11(16)9(14)4-10(15)17-2/h3,5,9,11,14,16H,4,12H2,1-2H3. The first-order valence-corrected chi connectivity index (χ1v) is 5.10. The molecule has 0 aliphatic carbocycles. The van der Waals surface area contributed by atoms with Crippen LogP contribution in [-0.2, 0) is 9.53 Å². The molecule has 6 heteroatoms. The lowest BCUT2D eigenvalue weighted by Gasteiger charge is -2.17. The van der Waals surface area contributed by atoms with Crippen molar-refractivity contribution in [3.05, 3.63) is 23.5 Å². The van der Waals surface area contributed by atoms with E-state index in [0.717, 1.165) is 0 Å². The zero-order valence-corrected chi connectivity index (χ0v) is 9.75. The summed E-state index contributed by atoms with van der Waals surface area (Å²) in [5.74, 6) is -0.593. The second-order valence-electron chi connectivity index (χ2n) is 3.74. The maximum absolute atomic E-state index is 10.9. The van der Waals surface area contributed by atoms with Crippen LogP contribution in [0, 0.1) is 6.92 Å². The molecule has 1 heterocycles. The molecule has 0 bridgehead atoms. The Morgan fingerprint density at radius 3 is 2.76 bits per heavy atom. The Bertz CT molecular complexity index is 408. The lowest BCUT2D eigenvalue weighted by atomic mass is 10.0. The molecule has 2 atom stereocenters. The number of hydrogen-bond acceptors (Lipinski definition) is 6. The number of anilines is 1. The summed E-state index contributed by atoms with van der Waals surface area (Å²) in [4.78, 5) is 14.9. The number of methoxy groups -OCH3 is 1. The molecule has 0 spiro atoms. The molecule has 4 N–H and O–H groups in total. The number of ether oxygens (including phenoxy) is 1. The zero-order chi connectivity index (χ0) is 13.0. The van der Waals surface area contributed by atoms with E-state index in [1.54, 1.807) is 6.92 Å². The third-order valence-corrected chi connectivity index (χ3v) is 2.46. The lowest BCUT2D eigenvalue weighted by Crippen LogP contribution is -2.22. The Labute approximate surface area is 99.0 Å². The minimum atomic E-state index is -1.24. The third-order valence-electron chi connectivity index (χ3n) is 2.46. The Balaban J connectivity index is 2.77. The average Bonchev–Trinajstić information content (AvgIpc) is 2.31. The molecule has 0 saturated carbocycles.